The minimum atomic E-state index is 0.273. The van der Waals surface area contributed by atoms with Crippen molar-refractivity contribution in [1.82, 2.24) is 4.90 Å². The van der Waals surface area contributed by atoms with Gasteiger partial charge in [0, 0.05) is 13.1 Å². The highest BCUT2D eigenvalue weighted by atomic mass is 79.9. The molecule has 17 heavy (non-hydrogen) atoms. The molecule has 0 saturated carbocycles. The largest absolute Gasteiger partial charge is 0.487 e. The van der Waals surface area contributed by atoms with Crippen molar-refractivity contribution in [2.75, 3.05) is 20.1 Å². The van der Waals surface area contributed by atoms with Crippen molar-refractivity contribution in [2.24, 2.45) is 4.99 Å². The van der Waals surface area contributed by atoms with Crippen LogP contribution >= 0.6 is 15.9 Å². The highest BCUT2D eigenvalue weighted by molar-refractivity contribution is 9.10. The van der Waals surface area contributed by atoms with E-state index in [0.717, 1.165) is 28.9 Å². The smallest absolute Gasteiger partial charge is 0.235 e. The highest BCUT2D eigenvalue weighted by Gasteiger charge is 2.25. The molecule has 0 aliphatic carbocycles. The fourth-order valence-corrected chi connectivity index (χ4v) is 2.28. The molecule has 90 valence electrons. The summed E-state index contributed by atoms with van der Waals surface area (Å²) in [6, 6.07) is 5.72. The lowest BCUT2D eigenvalue weighted by Crippen LogP contribution is -2.51. The average molecular weight is 297 g/mol. The molecule has 1 aromatic rings. The Hall–Kier alpha value is -1.16. The SMILES string of the molecule is CN1CC(Oc2ccc(CN=C=O)cc2Br)C1. The molecule has 0 unspecified atom stereocenters. The number of hydrogen-bond acceptors (Lipinski definition) is 4. The van der Waals surface area contributed by atoms with Crippen molar-refractivity contribution < 1.29 is 9.53 Å². The zero-order valence-electron chi connectivity index (χ0n) is 9.52. The van der Waals surface area contributed by atoms with Crippen LogP contribution in [0, 0.1) is 0 Å². The van der Waals surface area contributed by atoms with E-state index in [4.69, 9.17) is 4.74 Å². The molecule has 0 amide bonds. The summed E-state index contributed by atoms with van der Waals surface area (Å²) in [6.45, 7) is 2.28. The van der Waals surface area contributed by atoms with Gasteiger partial charge in [0.05, 0.1) is 11.0 Å². The molecule has 0 aromatic heterocycles. The van der Waals surface area contributed by atoms with E-state index in [1.807, 2.05) is 18.2 Å². The first-order valence-corrected chi connectivity index (χ1v) is 6.15. The van der Waals surface area contributed by atoms with Crippen molar-refractivity contribution in [2.45, 2.75) is 12.6 Å². The van der Waals surface area contributed by atoms with Gasteiger partial charge in [-0.25, -0.2) is 9.79 Å². The van der Waals surface area contributed by atoms with Gasteiger partial charge < -0.3 is 4.74 Å². The van der Waals surface area contributed by atoms with E-state index >= 15 is 0 Å². The third-order valence-electron chi connectivity index (χ3n) is 2.65. The maximum absolute atomic E-state index is 10.0. The van der Waals surface area contributed by atoms with Crippen LogP contribution in [0.25, 0.3) is 0 Å². The first kappa shape index (κ1) is 12.3. The number of likely N-dealkylation sites (tertiary alicyclic amines) is 1. The van der Waals surface area contributed by atoms with E-state index in [1.165, 1.54) is 6.08 Å². The summed E-state index contributed by atoms with van der Waals surface area (Å²) in [6.07, 6.45) is 1.80. The minimum absolute atomic E-state index is 0.273. The third kappa shape index (κ3) is 3.16. The molecule has 0 radical (unpaired) electrons. The molecule has 4 nitrogen and oxygen atoms in total. The number of hydrogen-bond donors (Lipinski definition) is 0. The predicted octanol–water partition coefficient (Wildman–Crippen LogP) is 1.98. The second-order valence-corrected chi connectivity index (χ2v) is 4.99. The number of benzene rings is 1. The highest BCUT2D eigenvalue weighted by Crippen LogP contribution is 2.28. The standard InChI is InChI=1S/C12H13BrN2O2/c1-15-6-10(7-15)17-12-3-2-9(4-11(12)13)5-14-8-16/h2-4,10H,5-7H2,1H3. The van der Waals surface area contributed by atoms with Crippen LogP contribution in [-0.2, 0) is 11.3 Å². The Balaban J connectivity index is 2.01. The maximum Gasteiger partial charge on any atom is 0.235 e. The van der Waals surface area contributed by atoms with Crippen LogP contribution in [0.4, 0.5) is 0 Å². The first-order chi connectivity index (χ1) is 8.19. The molecule has 0 N–H and O–H groups in total. The number of likely N-dealkylation sites (N-methyl/N-ethyl adjacent to an activating group) is 1. The van der Waals surface area contributed by atoms with Gasteiger partial charge in [-0.15, -0.1) is 0 Å². The van der Waals surface area contributed by atoms with Crippen LogP contribution < -0.4 is 4.74 Å². The summed E-state index contributed by atoms with van der Waals surface area (Å²) < 4.78 is 6.71. The molecule has 1 aliphatic rings. The molecule has 1 fully saturated rings. The average Bonchev–Trinajstić information content (AvgIpc) is 2.27. The normalized spacial score (nSPS) is 16.1. The molecule has 5 heteroatoms. The van der Waals surface area contributed by atoms with E-state index in [2.05, 4.69) is 32.9 Å². The third-order valence-corrected chi connectivity index (χ3v) is 3.27. The monoisotopic (exact) mass is 296 g/mol. The van der Waals surface area contributed by atoms with Crippen LogP contribution in [0.15, 0.2) is 27.7 Å². The van der Waals surface area contributed by atoms with Gasteiger partial charge in [0.2, 0.25) is 6.08 Å². The Morgan fingerprint density at radius 1 is 1.59 bits per heavy atom. The van der Waals surface area contributed by atoms with E-state index in [9.17, 15) is 4.79 Å². The zero-order valence-corrected chi connectivity index (χ0v) is 11.1. The van der Waals surface area contributed by atoms with Crippen molar-refractivity contribution in [1.29, 1.82) is 0 Å². The van der Waals surface area contributed by atoms with E-state index in [0.29, 0.717) is 6.54 Å². The number of halogens is 1. The molecular weight excluding hydrogens is 284 g/mol. The summed E-state index contributed by atoms with van der Waals surface area (Å²) in [4.78, 5) is 15.8. The Bertz CT molecular complexity index is 452. The number of ether oxygens (including phenoxy) is 1. The van der Waals surface area contributed by atoms with Gasteiger partial charge in [0.25, 0.3) is 0 Å². The number of carbonyl (C=O) groups excluding carboxylic acids is 1. The van der Waals surface area contributed by atoms with E-state index in [1.54, 1.807) is 0 Å². The van der Waals surface area contributed by atoms with E-state index < -0.39 is 0 Å². The zero-order chi connectivity index (χ0) is 12.3. The van der Waals surface area contributed by atoms with Crippen LogP contribution in [0.5, 0.6) is 5.75 Å². The van der Waals surface area contributed by atoms with Gasteiger partial charge in [0.15, 0.2) is 0 Å². The van der Waals surface area contributed by atoms with Crippen molar-refractivity contribution >= 4 is 22.0 Å². The minimum Gasteiger partial charge on any atom is -0.487 e. The lowest BCUT2D eigenvalue weighted by Gasteiger charge is -2.36. The van der Waals surface area contributed by atoms with Crippen LogP contribution in [-0.4, -0.2) is 37.2 Å². The Morgan fingerprint density at radius 2 is 2.35 bits per heavy atom. The lowest BCUT2D eigenvalue weighted by atomic mass is 10.2. The molecule has 1 heterocycles. The van der Waals surface area contributed by atoms with Gasteiger partial charge in [-0.1, -0.05) is 6.07 Å². The van der Waals surface area contributed by atoms with Crippen molar-refractivity contribution in [3.8, 4) is 5.75 Å². The molecular formula is C12H13BrN2O2. The molecule has 0 spiro atoms. The number of nitrogens with zero attached hydrogens (tertiary/aromatic N) is 2. The number of rotatable bonds is 4. The van der Waals surface area contributed by atoms with Gasteiger partial charge in [-0.3, -0.25) is 4.90 Å². The van der Waals surface area contributed by atoms with Gasteiger partial charge in [-0.05, 0) is 40.7 Å². The van der Waals surface area contributed by atoms with Crippen LogP contribution in [0.2, 0.25) is 0 Å². The second kappa shape index (κ2) is 5.45. The van der Waals surface area contributed by atoms with Crippen LogP contribution in [0.3, 0.4) is 0 Å². The van der Waals surface area contributed by atoms with Crippen molar-refractivity contribution in [3.63, 3.8) is 0 Å². The van der Waals surface area contributed by atoms with Gasteiger partial charge in [-0.2, -0.15) is 0 Å². The van der Waals surface area contributed by atoms with Crippen LogP contribution in [0.1, 0.15) is 5.56 Å². The summed E-state index contributed by atoms with van der Waals surface area (Å²) >= 11 is 3.46. The molecule has 2 rings (SSSR count). The van der Waals surface area contributed by atoms with Crippen molar-refractivity contribution in [3.05, 3.63) is 28.2 Å². The quantitative estimate of drug-likeness (QED) is 0.630. The summed E-state index contributed by atoms with van der Waals surface area (Å²) in [5, 5.41) is 0. The predicted molar refractivity (Wildman–Crippen MR) is 67.9 cm³/mol. The molecule has 1 saturated heterocycles. The topological polar surface area (TPSA) is 41.9 Å². The molecule has 0 bridgehead atoms. The fourth-order valence-electron chi connectivity index (χ4n) is 1.76. The second-order valence-electron chi connectivity index (χ2n) is 4.13. The fraction of sp³-hybridized carbons (Fsp3) is 0.417. The number of isocyanates is 1. The lowest BCUT2D eigenvalue weighted by molar-refractivity contribution is 0.0383. The molecule has 1 aliphatic heterocycles. The summed E-state index contributed by atoms with van der Waals surface area (Å²) in [7, 11) is 2.06. The Morgan fingerprint density at radius 3 is 2.94 bits per heavy atom. The Kier molecular flexibility index (Phi) is 3.94. The first-order valence-electron chi connectivity index (χ1n) is 5.36. The summed E-state index contributed by atoms with van der Waals surface area (Å²) in [5.74, 6) is 0.835. The molecule has 0 atom stereocenters. The summed E-state index contributed by atoms with van der Waals surface area (Å²) in [5.41, 5.74) is 0.957. The Labute approximate surface area is 108 Å². The van der Waals surface area contributed by atoms with Gasteiger partial charge in [0.1, 0.15) is 11.9 Å². The maximum atomic E-state index is 10.0. The number of aliphatic imine (C=N–C) groups is 1. The molecule has 1 aromatic carbocycles. The van der Waals surface area contributed by atoms with Gasteiger partial charge >= 0.3 is 0 Å². The van der Waals surface area contributed by atoms with E-state index in [-0.39, 0.29) is 6.10 Å².